The molecule has 2 rings (SSSR count). The van der Waals surface area contributed by atoms with Crippen molar-refractivity contribution >= 4 is 5.91 Å². The molecule has 0 bridgehead atoms. The Morgan fingerprint density at radius 3 is 2.10 bits per heavy atom. The van der Waals surface area contributed by atoms with Gasteiger partial charge in [-0.1, -0.05) is 60.7 Å². The van der Waals surface area contributed by atoms with Gasteiger partial charge >= 0.3 is 0 Å². The molecule has 0 aliphatic rings. The van der Waals surface area contributed by atoms with Gasteiger partial charge < -0.3 is 5.32 Å². The lowest BCUT2D eigenvalue weighted by Crippen LogP contribution is -2.44. The van der Waals surface area contributed by atoms with Crippen molar-refractivity contribution in [1.29, 1.82) is 5.53 Å². The molecule has 0 aliphatic heterocycles. The van der Waals surface area contributed by atoms with E-state index < -0.39 is 5.54 Å². The van der Waals surface area contributed by atoms with Gasteiger partial charge in [-0.3, -0.25) is 4.79 Å². The van der Waals surface area contributed by atoms with Gasteiger partial charge in [0.25, 0.3) is 0 Å². The average Bonchev–Trinajstić information content (AvgIpc) is 2.54. The minimum atomic E-state index is -1.07. The van der Waals surface area contributed by atoms with Crippen LogP contribution in [0.4, 0.5) is 0 Å². The van der Waals surface area contributed by atoms with Crippen LogP contribution >= 0.6 is 0 Å². The predicted molar refractivity (Wildman–Crippen MR) is 82.0 cm³/mol. The van der Waals surface area contributed by atoms with Gasteiger partial charge in [0.1, 0.15) is 0 Å². The van der Waals surface area contributed by atoms with Crippen LogP contribution in [0.15, 0.2) is 65.8 Å². The van der Waals surface area contributed by atoms with E-state index >= 15 is 0 Å². The first-order chi connectivity index (χ1) is 10.1. The highest BCUT2D eigenvalue weighted by atomic mass is 16.2. The molecule has 0 saturated carbocycles. The van der Waals surface area contributed by atoms with Crippen LogP contribution in [0.5, 0.6) is 0 Å². The Morgan fingerprint density at radius 2 is 1.57 bits per heavy atom. The van der Waals surface area contributed by atoms with Crippen LogP contribution < -0.4 is 5.32 Å². The summed E-state index contributed by atoms with van der Waals surface area (Å²) < 4.78 is 0. The van der Waals surface area contributed by atoms with Crippen molar-refractivity contribution in [3.63, 3.8) is 0 Å². The summed E-state index contributed by atoms with van der Waals surface area (Å²) in [4.78, 5) is 12.3. The third kappa shape index (κ3) is 3.99. The van der Waals surface area contributed by atoms with Crippen molar-refractivity contribution in [3.8, 4) is 0 Å². The Morgan fingerprint density at radius 1 is 1.05 bits per heavy atom. The molecular weight excluding hydrogens is 262 g/mol. The SMILES string of the molecule is CC(Cc1ccccc1)(N=N)C(=O)NCc1ccccc1. The number of hydrogen-bond acceptors (Lipinski definition) is 3. The van der Waals surface area contributed by atoms with Crippen molar-refractivity contribution in [3.05, 3.63) is 71.8 Å². The highest BCUT2D eigenvalue weighted by Gasteiger charge is 2.33. The molecule has 0 fully saturated rings. The van der Waals surface area contributed by atoms with Crippen LogP contribution in [0.2, 0.25) is 0 Å². The molecule has 4 heteroatoms. The van der Waals surface area contributed by atoms with E-state index in [4.69, 9.17) is 5.53 Å². The van der Waals surface area contributed by atoms with Gasteiger partial charge in [0, 0.05) is 13.0 Å². The van der Waals surface area contributed by atoms with Crippen LogP contribution in [-0.2, 0) is 17.8 Å². The fourth-order valence-corrected chi connectivity index (χ4v) is 2.13. The van der Waals surface area contributed by atoms with Gasteiger partial charge in [0.15, 0.2) is 5.54 Å². The van der Waals surface area contributed by atoms with E-state index in [9.17, 15) is 4.79 Å². The Labute approximate surface area is 124 Å². The van der Waals surface area contributed by atoms with Gasteiger partial charge in [-0.25, -0.2) is 5.53 Å². The zero-order valence-electron chi connectivity index (χ0n) is 12.0. The van der Waals surface area contributed by atoms with Crippen LogP contribution in [0.25, 0.3) is 0 Å². The second kappa shape index (κ2) is 6.79. The topological polar surface area (TPSA) is 65.3 Å². The van der Waals surface area contributed by atoms with E-state index in [1.54, 1.807) is 6.92 Å². The lowest BCUT2D eigenvalue weighted by atomic mass is 9.92. The summed E-state index contributed by atoms with van der Waals surface area (Å²) in [5, 5.41) is 6.42. The van der Waals surface area contributed by atoms with Crippen LogP contribution in [0, 0.1) is 5.53 Å². The van der Waals surface area contributed by atoms with Gasteiger partial charge in [0.2, 0.25) is 5.91 Å². The molecule has 1 amide bonds. The minimum absolute atomic E-state index is 0.231. The number of rotatable bonds is 6. The lowest BCUT2D eigenvalue weighted by Gasteiger charge is -2.22. The van der Waals surface area contributed by atoms with Crippen molar-refractivity contribution in [2.24, 2.45) is 5.11 Å². The fourth-order valence-electron chi connectivity index (χ4n) is 2.13. The van der Waals surface area contributed by atoms with Gasteiger partial charge in [-0.05, 0) is 18.1 Å². The minimum Gasteiger partial charge on any atom is -0.350 e. The van der Waals surface area contributed by atoms with Gasteiger partial charge in [0.05, 0.1) is 0 Å². The van der Waals surface area contributed by atoms with E-state index in [-0.39, 0.29) is 5.91 Å². The highest BCUT2D eigenvalue weighted by Crippen LogP contribution is 2.18. The molecule has 0 aliphatic carbocycles. The molecule has 2 N–H and O–H groups in total. The van der Waals surface area contributed by atoms with Crippen molar-refractivity contribution in [2.75, 3.05) is 0 Å². The summed E-state index contributed by atoms with van der Waals surface area (Å²) in [5.74, 6) is -0.231. The summed E-state index contributed by atoms with van der Waals surface area (Å²) in [6.45, 7) is 2.13. The number of carbonyl (C=O) groups excluding carboxylic acids is 1. The molecule has 1 unspecified atom stereocenters. The molecule has 0 radical (unpaired) electrons. The van der Waals surface area contributed by atoms with Crippen LogP contribution in [0.1, 0.15) is 18.1 Å². The fraction of sp³-hybridized carbons (Fsp3) is 0.235. The Kier molecular flexibility index (Phi) is 4.82. The number of hydrogen-bond donors (Lipinski definition) is 2. The summed E-state index contributed by atoms with van der Waals surface area (Å²) in [7, 11) is 0. The normalized spacial score (nSPS) is 13.2. The summed E-state index contributed by atoms with van der Waals surface area (Å²) >= 11 is 0. The molecule has 4 nitrogen and oxygen atoms in total. The molecule has 1 atom stereocenters. The quantitative estimate of drug-likeness (QED) is 0.784. The van der Waals surface area contributed by atoms with Crippen molar-refractivity contribution in [1.82, 2.24) is 5.32 Å². The second-order valence-corrected chi connectivity index (χ2v) is 5.22. The Balaban J connectivity index is 2.02. The molecule has 0 spiro atoms. The third-order valence-corrected chi connectivity index (χ3v) is 3.42. The smallest absolute Gasteiger partial charge is 0.250 e. The molecule has 2 aromatic carbocycles. The maximum absolute atomic E-state index is 12.3. The van der Waals surface area contributed by atoms with E-state index in [1.165, 1.54) is 0 Å². The van der Waals surface area contributed by atoms with E-state index in [1.807, 2.05) is 60.7 Å². The summed E-state index contributed by atoms with van der Waals surface area (Å²) in [5.41, 5.74) is 8.33. The highest BCUT2D eigenvalue weighted by molar-refractivity contribution is 5.86. The van der Waals surface area contributed by atoms with Crippen LogP contribution in [0.3, 0.4) is 0 Å². The zero-order chi connectivity index (χ0) is 15.1. The van der Waals surface area contributed by atoms with Gasteiger partial charge in [-0.15, -0.1) is 0 Å². The molecule has 2 aromatic rings. The van der Waals surface area contributed by atoms with E-state index in [2.05, 4.69) is 10.4 Å². The van der Waals surface area contributed by atoms with Crippen molar-refractivity contribution in [2.45, 2.75) is 25.4 Å². The Hall–Kier alpha value is -2.49. The monoisotopic (exact) mass is 281 g/mol. The summed E-state index contributed by atoms with van der Waals surface area (Å²) in [6.07, 6.45) is 0.415. The maximum atomic E-state index is 12.3. The third-order valence-electron chi connectivity index (χ3n) is 3.42. The average molecular weight is 281 g/mol. The zero-order valence-corrected chi connectivity index (χ0v) is 12.0. The van der Waals surface area contributed by atoms with E-state index in [0.29, 0.717) is 13.0 Å². The Bertz CT molecular complexity index is 598. The number of carbonyl (C=O) groups is 1. The number of nitrogens with zero attached hydrogens (tertiary/aromatic N) is 1. The maximum Gasteiger partial charge on any atom is 0.250 e. The standard InChI is InChI=1S/C17H19N3O/c1-17(20-18,12-14-8-4-2-5-9-14)16(21)19-13-15-10-6-3-7-11-15/h2-11,18H,12-13H2,1H3,(H,19,21). The van der Waals surface area contributed by atoms with Crippen LogP contribution in [-0.4, -0.2) is 11.4 Å². The molecule has 21 heavy (non-hydrogen) atoms. The molecule has 0 heterocycles. The predicted octanol–water partition coefficient (Wildman–Crippen LogP) is 3.34. The second-order valence-electron chi connectivity index (χ2n) is 5.22. The van der Waals surface area contributed by atoms with E-state index in [0.717, 1.165) is 11.1 Å². The number of benzene rings is 2. The first-order valence-electron chi connectivity index (χ1n) is 6.89. The van der Waals surface area contributed by atoms with Crippen molar-refractivity contribution < 1.29 is 4.79 Å². The number of nitrogens with one attached hydrogen (secondary N) is 2. The molecule has 108 valence electrons. The first kappa shape index (κ1) is 14.9. The largest absolute Gasteiger partial charge is 0.350 e. The molecule has 0 saturated heterocycles. The first-order valence-corrected chi connectivity index (χ1v) is 6.89. The summed E-state index contributed by atoms with van der Waals surface area (Å²) in [6, 6.07) is 19.3. The number of amides is 1. The lowest BCUT2D eigenvalue weighted by molar-refractivity contribution is -0.126. The van der Waals surface area contributed by atoms with Gasteiger partial charge in [-0.2, -0.15) is 5.11 Å². The molecule has 0 aromatic heterocycles. The molecular formula is C17H19N3O.